The minimum atomic E-state index is 0.686. The van der Waals surface area contributed by atoms with E-state index in [2.05, 4.69) is 191 Å². The molecule has 0 spiro atoms. The molecule has 0 saturated carbocycles. The highest BCUT2D eigenvalue weighted by Gasteiger charge is 2.28. The molecule has 8 aromatic carbocycles. The van der Waals surface area contributed by atoms with Crippen LogP contribution in [0.3, 0.4) is 0 Å². The van der Waals surface area contributed by atoms with E-state index in [1.54, 1.807) is 0 Å². The van der Waals surface area contributed by atoms with Gasteiger partial charge in [0, 0.05) is 50.3 Å². The molecule has 3 heterocycles. The zero-order chi connectivity index (χ0) is 36.0. The molecule has 256 valence electrons. The number of fused-ring (bicyclic) bond motifs is 11. The summed E-state index contributed by atoms with van der Waals surface area (Å²) in [4.78, 5) is 10.9. The van der Waals surface area contributed by atoms with E-state index in [0.29, 0.717) is 5.95 Å². The molecule has 0 atom stereocenters. The number of hydrogen-bond acceptors (Lipinski definition) is 2. The lowest BCUT2D eigenvalue weighted by Crippen LogP contribution is -2.05. The van der Waals surface area contributed by atoms with Crippen LogP contribution in [-0.2, 0) is 6.42 Å². The molecule has 0 saturated heterocycles. The fraction of sp³-hybridized carbons (Fsp3) is 0.0196. The maximum atomic E-state index is 5.45. The topological polar surface area (TPSA) is 35.6 Å². The highest BCUT2D eigenvalue weighted by molar-refractivity contribution is 6.12. The summed E-state index contributed by atoms with van der Waals surface area (Å²) in [5, 5.41) is 7.39. The van der Waals surface area contributed by atoms with Crippen molar-refractivity contribution in [1.82, 2.24) is 19.1 Å². The van der Waals surface area contributed by atoms with Crippen LogP contribution in [0.15, 0.2) is 182 Å². The Morgan fingerprint density at radius 1 is 0.364 bits per heavy atom. The van der Waals surface area contributed by atoms with Gasteiger partial charge in [0.15, 0.2) is 0 Å². The molecule has 0 radical (unpaired) electrons. The smallest absolute Gasteiger partial charge is 0.235 e. The summed E-state index contributed by atoms with van der Waals surface area (Å²) in [5.74, 6) is 0.686. The molecule has 0 N–H and O–H groups in total. The maximum absolute atomic E-state index is 5.45. The van der Waals surface area contributed by atoms with Crippen LogP contribution in [0.25, 0.3) is 99.7 Å². The van der Waals surface area contributed by atoms with Gasteiger partial charge in [0.1, 0.15) is 0 Å². The standard InChI is InChI=1S/C51H32N4/c1-3-14-33(15-4-1)49-44-31-42-37-18-8-7-13-32(37)23-27-41(42)50(44)53-51(52-49)55-46-22-12-10-20-39(46)43-29-34(25-28-47(43)55)35-24-26-40-38-19-9-11-21-45(38)54(48(40)30-35)36-16-5-2-6-17-36/h1-30H,31H2. The summed E-state index contributed by atoms with van der Waals surface area (Å²) in [6.07, 6.45) is 0.806. The van der Waals surface area contributed by atoms with Crippen LogP contribution in [0.2, 0.25) is 0 Å². The van der Waals surface area contributed by atoms with E-state index >= 15 is 0 Å². The second kappa shape index (κ2) is 11.6. The molecule has 0 amide bonds. The zero-order valence-corrected chi connectivity index (χ0v) is 29.8. The van der Waals surface area contributed by atoms with Crippen LogP contribution in [-0.4, -0.2) is 19.1 Å². The normalized spacial score (nSPS) is 12.3. The summed E-state index contributed by atoms with van der Waals surface area (Å²) in [6.45, 7) is 0. The van der Waals surface area contributed by atoms with E-state index in [0.717, 1.165) is 40.1 Å². The van der Waals surface area contributed by atoms with Gasteiger partial charge in [-0.1, -0.05) is 140 Å². The maximum Gasteiger partial charge on any atom is 0.235 e. The average Bonchev–Trinajstić information content (AvgIpc) is 3.91. The minimum absolute atomic E-state index is 0.686. The van der Waals surface area contributed by atoms with E-state index in [-0.39, 0.29) is 0 Å². The zero-order valence-electron chi connectivity index (χ0n) is 29.8. The van der Waals surface area contributed by atoms with E-state index < -0.39 is 0 Å². The van der Waals surface area contributed by atoms with E-state index in [9.17, 15) is 0 Å². The molecule has 12 rings (SSSR count). The molecule has 0 unspecified atom stereocenters. The van der Waals surface area contributed by atoms with Crippen molar-refractivity contribution in [3.8, 4) is 45.3 Å². The summed E-state index contributed by atoms with van der Waals surface area (Å²) in [7, 11) is 0. The molecule has 0 aliphatic heterocycles. The minimum Gasteiger partial charge on any atom is -0.309 e. The predicted octanol–water partition coefficient (Wildman–Crippen LogP) is 12.7. The second-order valence-corrected chi connectivity index (χ2v) is 14.6. The van der Waals surface area contributed by atoms with E-state index in [1.165, 1.54) is 71.2 Å². The van der Waals surface area contributed by atoms with Crippen LogP contribution >= 0.6 is 0 Å². The van der Waals surface area contributed by atoms with Crippen molar-refractivity contribution in [3.63, 3.8) is 0 Å². The Hall–Kier alpha value is -7.30. The van der Waals surface area contributed by atoms with Crippen molar-refractivity contribution < 1.29 is 0 Å². The highest BCUT2D eigenvalue weighted by Crippen LogP contribution is 2.44. The van der Waals surface area contributed by atoms with Gasteiger partial charge in [-0.2, -0.15) is 0 Å². The summed E-state index contributed by atoms with van der Waals surface area (Å²) in [5.41, 5.74) is 14.9. The molecule has 4 heteroatoms. The molecule has 1 aliphatic rings. The largest absolute Gasteiger partial charge is 0.309 e. The number of rotatable bonds is 4. The molecule has 0 fully saturated rings. The van der Waals surface area contributed by atoms with Crippen molar-refractivity contribution >= 4 is 54.4 Å². The lowest BCUT2D eigenvalue weighted by molar-refractivity contribution is 0.985. The van der Waals surface area contributed by atoms with Crippen molar-refractivity contribution in [2.24, 2.45) is 0 Å². The number of para-hydroxylation sites is 3. The number of hydrogen-bond donors (Lipinski definition) is 0. The Bertz CT molecular complexity index is 3340. The van der Waals surface area contributed by atoms with Gasteiger partial charge in [-0.25, -0.2) is 9.97 Å². The van der Waals surface area contributed by atoms with Crippen molar-refractivity contribution in [2.45, 2.75) is 6.42 Å². The van der Waals surface area contributed by atoms with E-state index in [1.807, 2.05) is 0 Å². The van der Waals surface area contributed by atoms with Crippen molar-refractivity contribution in [1.29, 1.82) is 0 Å². The molecule has 11 aromatic rings. The van der Waals surface area contributed by atoms with Crippen LogP contribution in [0.5, 0.6) is 0 Å². The van der Waals surface area contributed by atoms with Crippen molar-refractivity contribution in [3.05, 3.63) is 193 Å². The summed E-state index contributed by atoms with van der Waals surface area (Å²) >= 11 is 0. The van der Waals surface area contributed by atoms with Crippen molar-refractivity contribution in [2.75, 3.05) is 0 Å². The molecular weight excluding hydrogens is 669 g/mol. The molecule has 4 nitrogen and oxygen atoms in total. The highest BCUT2D eigenvalue weighted by atomic mass is 15.2. The van der Waals surface area contributed by atoms with E-state index in [4.69, 9.17) is 9.97 Å². The lowest BCUT2D eigenvalue weighted by Gasteiger charge is -2.13. The lowest BCUT2D eigenvalue weighted by atomic mass is 10.00. The molecule has 1 aliphatic carbocycles. The van der Waals surface area contributed by atoms with Gasteiger partial charge in [-0.15, -0.1) is 0 Å². The van der Waals surface area contributed by atoms with Gasteiger partial charge in [-0.05, 0) is 69.9 Å². The third-order valence-corrected chi connectivity index (χ3v) is 11.6. The fourth-order valence-electron chi connectivity index (χ4n) is 9.10. The number of benzene rings is 8. The quantitative estimate of drug-likeness (QED) is 0.183. The first kappa shape index (κ1) is 30.2. The van der Waals surface area contributed by atoms with Gasteiger partial charge in [0.25, 0.3) is 0 Å². The Labute approximate surface area is 317 Å². The number of aromatic nitrogens is 4. The van der Waals surface area contributed by atoms with Crippen LogP contribution in [0.1, 0.15) is 11.1 Å². The van der Waals surface area contributed by atoms with Gasteiger partial charge < -0.3 is 4.57 Å². The summed E-state index contributed by atoms with van der Waals surface area (Å²) < 4.78 is 4.64. The monoisotopic (exact) mass is 700 g/mol. The first-order valence-corrected chi connectivity index (χ1v) is 18.9. The van der Waals surface area contributed by atoms with Gasteiger partial charge in [-0.3, -0.25) is 4.57 Å². The number of nitrogens with zero attached hydrogens (tertiary/aromatic N) is 4. The van der Waals surface area contributed by atoms with Crippen LogP contribution in [0.4, 0.5) is 0 Å². The second-order valence-electron chi connectivity index (χ2n) is 14.6. The first-order chi connectivity index (χ1) is 27.3. The molecule has 0 bridgehead atoms. The SMILES string of the molecule is c1ccc(-c2nc(-n3c4ccccc4c4cc(-c5ccc6c7ccccc7n(-c7ccccc7)c6c5)ccc43)nc3c2Cc2c-3ccc3ccccc23)cc1. The molecule has 3 aromatic heterocycles. The average molecular weight is 701 g/mol. The van der Waals surface area contributed by atoms with Crippen LogP contribution < -0.4 is 0 Å². The van der Waals surface area contributed by atoms with Crippen LogP contribution in [0, 0.1) is 0 Å². The Balaban J connectivity index is 1.07. The first-order valence-electron chi connectivity index (χ1n) is 18.9. The molecular formula is C51H32N4. The summed E-state index contributed by atoms with van der Waals surface area (Å²) in [6, 6.07) is 65.5. The Morgan fingerprint density at radius 2 is 0.964 bits per heavy atom. The van der Waals surface area contributed by atoms with Gasteiger partial charge in [0.2, 0.25) is 5.95 Å². The Morgan fingerprint density at radius 3 is 1.78 bits per heavy atom. The predicted molar refractivity (Wildman–Crippen MR) is 227 cm³/mol. The fourth-order valence-corrected chi connectivity index (χ4v) is 9.10. The third kappa shape index (κ3) is 4.46. The molecule has 55 heavy (non-hydrogen) atoms. The van der Waals surface area contributed by atoms with Gasteiger partial charge in [0.05, 0.1) is 33.5 Å². The third-order valence-electron chi connectivity index (χ3n) is 11.6. The Kier molecular flexibility index (Phi) is 6.37. The van der Waals surface area contributed by atoms with Gasteiger partial charge >= 0.3 is 0 Å².